The van der Waals surface area contributed by atoms with Crippen LogP contribution in [0.25, 0.3) is 0 Å². The Kier molecular flexibility index (Phi) is 5.59. The van der Waals surface area contributed by atoms with Gasteiger partial charge in [0.1, 0.15) is 0 Å². The number of nitrogens with one attached hydrogen (secondary N) is 1. The van der Waals surface area contributed by atoms with Crippen molar-refractivity contribution in [3.63, 3.8) is 0 Å². The van der Waals surface area contributed by atoms with E-state index in [1.54, 1.807) is 7.11 Å². The Morgan fingerprint density at radius 1 is 1.52 bits per heavy atom. The van der Waals surface area contributed by atoms with E-state index in [2.05, 4.69) is 16.3 Å². The van der Waals surface area contributed by atoms with Gasteiger partial charge in [-0.25, -0.2) is 0 Å². The summed E-state index contributed by atoms with van der Waals surface area (Å²) in [6.45, 7) is 4.92. The fourth-order valence-electron chi connectivity index (χ4n) is 2.70. The maximum Gasteiger partial charge on any atom is 0.237 e. The summed E-state index contributed by atoms with van der Waals surface area (Å²) in [6, 6.07) is 5.91. The Hall–Kier alpha value is -1.59. The van der Waals surface area contributed by atoms with Crippen molar-refractivity contribution in [3.8, 4) is 0 Å². The minimum atomic E-state index is -0.139. The molecule has 1 heterocycles. The lowest BCUT2D eigenvalue weighted by Gasteiger charge is -2.33. The van der Waals surface area contributed by atoms with Gasteiger partial charge in [0.2, 0.25) is 5.91 Å². The molecule has 0 spiro atoms. The standard InChI is InChI=1S/C16H25N3O2/c1-12(16(20)18-8-4-10-21-2)19-9-7-13-5-3-6-15(17)14(13)11-19/h3,5-6,12H,4,7-11,17H2,1-2H3,(H,18,20). The molecule has 1 unspecified atom stereocenters. The van der Waals surface area contributed by atoms with E-state index in [1.165, 1.54) is 11.1 Å². The molecular formula is C16H25N3O2. The van der Waals surface area contributed by atoms with Crippen LogP contribution < -0.4 is 11.1 Å². The number of fused-ring (bicyclic) bond motifs is 1. The van der Waals surface area contributed by atoms with Gasteiger partial charge < -0.3 is 15.8 Å². The van der Waals surface area contributed by atoms with Crippen molar-refractivity contribution in [2.24, 2.45) is 0 Å². The lowest BCUT2D eigenvalue weighted by molar-refractivity contribution is -0.126. The lowest BCUT2D eigenvalue weighted by atomic mass is 9.97. The highest BCUT2D eigenvalue weighted by Crippen LogP contribution is 2.25. The average molecular weight is 291 g/mol. The third kappa shape index (κ3) is 3.95. The lowest BCUT2D eigenvalue weighted by Crippen LogP contribution is -2.47. The molecule has 0 bridgehead atoms. The molecule has 0 aromatic heterocycles. The molecule has 1 aliphatic rings. The molecule has 1 aromatic rings. The number of hydrogen-bond donors (Lipinski definition) is 2. The Labute approximate surface area is 126 Å². The number of nitrogens with two attached hydrogens (primary N) is 1. The minimum Gasteiger partial charge on any atom is -0.398 e. The van der Waals surface area contributed by atoms with E-state index < -0.39 is 0 Å². The number of methoxy groups -OCH3 is 1. The molecule has 0 aliphatic carbocycles. The van der Waals surface area contributed by atoms with Crippen LogP contribution in [0.1, 0.15) is 24.5 Å². The maximum absolute atomic E-state index is 12.2. The first-order chi connectivity index (χ1) is 10.1. The summed E-state index contributed by atoms with van der Waals surface area (Å²) in [5, 5.41) is 2.96. The zero-order valence-corrected chi connectivity index (χ0v) is 12.9. The molecule has 5 heteroatoms. The van der Waals surface area contributed by atoms with Crippen LogP contribution in [-0.2, 0) is 22.5 Å². The number of nitrogen functional groups attached to an aromatic ring is 1. The fourth-order valence-corrected chi connectivity index (χ4v) is 2.70. The van der Waals surface area contributed by atoms with Crippen LogP contribution >= 0.6 is 0 Å². The summed E-state index contributed by atoms with van der Waals surface area (Å²) >= 11 is 0. The van der Waals surface area contributed by atoms with Gasteiger partial charge in [0.15, 0.2) is 0 Å². The third-order valence-electron chi connectivity index (χ3n) is 4.09. The number of nitrogens with zero attached hydrogens (tertiary/aromatic N) is 1. The van der Waals surface area contributed by atoms with Gasteiger partial charge in [-0.3, -0.25) is 9.69 Å². The molecule has 0 saturated carbocycles. The van der Waals surface area contributed by atoms with Crippen LogP contribution in [0.2, 0.25) is 0 Å². The first-order valence-electron chi connectivity index (χ1n) is 7.50. The molecule has 0 fully saturated rings. The molecule has 21 heavy (non-hydrogen) atoms. The van der Waals surface area contributed by atoms with Crippen molar-refractivity contribution in [2.45, 2.75) is 32.4 Å². The third-order valence-corrected chi connectivity index (χ3v) is 4.09. The molecule has 1 aromatic carbocycles. The number of rotatable bonds is 6. The molecule has 1 atom stereocenters. The van der Waals surface area contributed by atoms with Gasteiger partial charge >= 0.3 is 0 Å². The second-order valence-corrected chi connectivity index (χ2v) is 5.52. The van der Waals surface area contributed by atoms with Crippen LogP contribution in [0.15, 0.2) is 18.2 Å². The van der Waals surface area contributed by atoms with Crippen LogP contribution in [0.4, 0.5) is 5.69 Å². The van der Waals surface area contributed by atoms with Gasteiger partial charge in [0.05, 0.1) is 6.04 Å². The topological polar surface area (TPSA) is 67.6 Å². The van der Waals surface area contributed by atoms with E-state index in [0.717, 1.165) is 31.6 Å². The molecule has 5 nitrogen and oxygen atoms in total. The molecule has 0 saturated heterocycles. The Morgan fingerprint density at radius 3 is 3.10 bits per heavy atom. The highest BCUT2D eigenvalue weighted by Gasteiger charge is 2.25. The zero-order chi connectivity index (χ0) is 15.2. The summed E-state index contributed by atoms with van der Waals surface area (Å²) < 4.78 is 4.98. The fraction of sp³-hybridized carbons (Fsp3) is 0.562. The molecule has 1 amide bonds. The van der Waals surface area contributed by atoms with Gasteiger partial charge in [-0.1, -0.05) is 12.1 Å². The second-order valence-electron chi connectivity index (χ2n) is 5.52. The van der Waals surface area contributed by atoms with Crippen molar-refractivity contribution >= 4 is 11.6 Å². The summed E-state index contributed by atoms with van der Waals surface area (Å²) in [5.41, 5.74) is 9.35. The van der Waals surface area contributed by atoms with Crippen LogP contribution in [0.3, 0.4) is 0 Å². The van der Waals surface area contributed by atoms with Crippen LogP contribution in [0.5, 0.6) is 0 Å². The predicted octanol–water partition coefficient (Wildman–Crippen LogP) is 1.17. The molecule has 0 radical (unpaired) electrons. The van der Waals surface area contributed by atoms with Crippen molar-refractivity contribution < 1.29 is 9.53 Å². The monoisotopic (exact) mass is 291 g/mol. The van der Waals surface area contributed by atoms with E-state index >= 15 is 0 Å². The van der Waals surface area contributed by atoms with Gasteiger partial charge in [-0.15, -0.1) is 0 Å². The number of hydrogen-bond acceptors (Lipinski definition) is 4. The quantitative estimate of drug-likeness (QED) is 0.610. The largest absolute Gasteiger partial charge is 0.398 e. The number of carbonyl (C=O) groups is 1. The van der Waals surface area contributed by atoms with E-state index in [-0.39, 0.29) is 11.9 Å². The number of carbonyl (C=O) groups excluding carboxylic acids is 1. The van der Waals surface area contributed by atoms with Crippen LogP contribution in [-0.4, -0.2) is 43.7 Å². The number of ether oxygens (including phenoxy) is 1. The Balaban J connectivity index is 1.91. The number of anilines is 1. The Bertz CT molecular complexity index is 490. The molecule has 2 rings (SSSR count). The van der Waals surface area contributed by atoms with Crippen LogP contribution in [0, 0.1) is 0 Å². The smallest absolute Gasteiger partial charge is 0.237 e. The summed E-state index contributed by atoms with van der Waals surface area (Å²) in [6.07, 6.45) is 1.78. The molecule has 1 aliphatic heterocycles. The van der Waals surface area contributed by atoms with E-state index in [4.69, 9.17) is 10.5 Å². The minimum absolute atomic E-state index is 0.0732. The maximum atomic E-state index is 12.2. The van der Waals surface area contributed by atoms with Crippen molar-refractivity contribution in [1.82, 2.24) is 10.2 Å². The normalized spacial score (nSPS) is 16.3. The van der Waals surface area contributed by atoms with E-state index in [1.807, 2.05) is 19.1 Å². The number of benzene rings is 1. The first-order valence-corrected chi connectivity index (χ1v) is 7.50. The van der Waals surface area contributed by atoms with Crippen molar-refractivity contribution in [1.29, 1.82) is 0 Å². The number of amides is 1. The first kappa shape index (κ1) is 15.8. The average Bonchev–Trinajstić information content (AvgIpc) is 2.51. The Morgan fingerprint density at radius 2 is 2.33 bits per heavy atom. The molecular weight excluding hydrogens is 266 g/mol. The van der Waals surface area contributed by atoms with E-state index in [9.17, 15) is 4.79 Å². The summed E-state index contributed by atoms with van der Waals surface area (Å²) in [4.78, 5) is 14.4. The summed E-state index contributed by atoms with van der Waals surface area (Å²) in [5.74, 6) is 0.0732. The molecule has 116 valence electrons. The van der Waals surface area contributed by atoms with Gasteiger partial charge in [-0.05, 0) is 37.0 Å². The van der Waals surface area contributed by atoms with Crippen molar-refractivity contribution in [3.05, 3.63) is 29.3 Å². The van der Waals surface area contributed by atoms with Crippen molar-refractivity contribution in [2.75, 3.05) is 32.5 Å². The second kappa shape index (κ2) is 7.43. The van der Waals surface area contributed by atoms with Gasteiger partial charge in [0.25, 0.3) is 0 Å². The highest BCUT2D eigenvalue weighted by molar-refractivity contribution is 5.81. The molecule has 3 N–H and O–H groups in total. The van der Waals surface area contributed by atoms with Gasteiger partial charge in [0, 0.05) is 39.0 Å². The van der Waals surface area contributed by atoms with E-state index in [0.29, 0.717) is 13.2 Å². The van der Waals surface area contributed by atoms with Gasteiger partial charge in [-0.2, -0.15) is 0 Å². The summed E-state index contributed by atoms with van der Waals surface area (Å²) in [7, 11) is 1.67. The predicted molar refractivity (Wildman–Crippen MR) is 83.9 cm³/mol. The highest BCUT2D eigenvalue weighted by atomic mass is 16.5. The SMILES string of the molecule is COCCCNC(=O)C(C)N1CCc2cccc(N)c2C1. The zero-order valence-electron chi connectivity index (χ0n) is 12.9.